The molecule has 3 rings (SSSR count). The van der Waals surface area contributed by atoms with Crippen LogP contribution < -0.4 is 10.0 Å². The van der Waals surface area contributed by atoms with E-state index in [-0.39, 0.29) is 29.2 Å². The van der Waals surface area contributed by atoms with Crippen molar-refractivity contribution < 1.29 is 23.1 Å². The lowest BCUT2D eigenvalue weighted by Crippen LogP contribution is -2.51. The predicted octanol–water partition coefficient (Wildman–Crippen LogP) is 1.14. The number of rotatable bonds is 8. The minimum Gasteiger partial charge on any atom is -0.394 e. The fourth-order valence-electron chi connectivity index (χ4n) is 3.23. The van der Waals surface area contributed by atoms with Crippen LogP contribution in [0.3, 0.4) is 0 Å². The highest BCUT2D eigenvalue weighted by Crippen LogP contribution is 2.24. The largest absolute Gasteiger partial charge is 0.394 e. The molecule has 30 heavy (non-hydrogen) atoms. The van der Waals surface area contributed by atoms with Gasteiger partial charge in [-0.25, -0.2) is 18.1 Å². The van der Waals surface area contributed by atoms with Crippen LogP contribution in [0.4, 0.5) is 0 Å². The van der Waals surface area contributed by atoms with Crippen LogP contribution in [0, 0.1) is 0 Å². The molecule has 0 spiro atoms. The summed E-state index contributed by atoms with van der Waals surface area (Å²) in [6.45, 7) is 0.0301. The Balaban J connectivity index is 1.51. The van der Waals surface area contributed by atoms with Gasteiger partial charge in [-0.15, -0.1) is 0 Å². The summed E-state index contributed by atoms with van der Waals surface area (Å²) in [5.41, 5.74) is 0.228. The Morgan fingerprint density at radius 1 is 1.30 bits per heavy atom. The molecule has 0 radical (unpaired) electrons. The number of ether oxygens (including phenoxy) is 1. The summed E-state index contributed by atoms with van der Waals surface area (Å²) in [6.07, 6.45) is 5.01. The average Bonchev–Trinajstić information content (AvgIpc) is 2.75. The van der Waals surface area contributed by atoms with E-state index < -0.39 is 22.2 Å². The van der Waals surface area contributed by atoms with Gasteiger partial charge in [0, 0.05) is 24.0 Å². The van der Waals surface area contributed by atoms with E-state index in [1.54, 1.807) is 12.1 Å². The van der Waals surface area contributed by atoms with Crippen LogP contribution in [-0.4, -0.2) is 60.8 Å². The summed E-state index contributed by atoms with van der Waals surface area (Å²) in [4.78, 5) is 19.8. The molecule has 0 unspecified atom stereocenters. The van der Waals surface area contributed by atoms with Gasteiger partial charge in [-0.05, 0) is 37.5 Å². The fourth-order valence-corrected chi connectivity index (χ4v) is 4.83. The van der Waals surface area contributed by atoms with Crippen molar-refractivity contribution in [3.05, 3.63) is 53.6 Å². The van der Waals surface area contributed by atoms with Crippen molar-refractivity contribution >= 4 is 27.5 Å². The van der Waals surface area contributed by atoms with Crippen molar-refractivity contribution in [2.45, 2.75) is 42.4 Å². The zero-order valence-corrected chi connectivity index (χ0v) is 17.6. The minimum absolute atomic E-state index is 0.0561. The third-order valence-corrected chi connectivity index (χ3v) is 6.48. The molecule has 1 aromatic heterocycles. The van der Waals surface area contributed by atoms with Gasteiger partial charge in [-0.3, -0.25) is 9.78 Å². The number of aliphatic hydroxyl groups is 1. The van der Waals surface area contributed by atoms with Gasteiger partial charge in [-0.1, -0.05) is 17.7 Å². The van der Waals surface area contributed by atoms with Crippen LogP contribution >= 0.6 is 11.6 Å². The van der Waals surface area contributed by atoms with E-state index in [1.807, 2.05) is 0 Å². The Bertz CT molecular complexity index is 960. The lowest BCUT2D eigenvalue weighted by Gasteiger charge is -2.36. The monoisotopic (exact) mass is 454 g/mol. The van der Waals surface area contributed by atoms with Crippen molar-refractivity contribution in [2.75, 3.05) is 13.2 Å². The molecule has 162 valence electrons. The number of halogens is 1. The Labute approximate surface area is 179 Å². The zero-order chi connectivity index (χ0) is 21.6. The first-order chi connectivity index (χ1) is 14.4. The quantitative estimate of drug-likeness (QED) is 0.545. The molecule has 1 aliphatic rings. The molecule has 3 N–H and O–H groups in total. The van der Waals surface area contributed by atoms with Crippen molar-refractivity contribution in [3.8, 4) is 0 Å². The molecule has 2 heterocycles. The molecule has 1 saturated heterocycles. The molecule has 1 aromatic carbocycles. The van der Waals surface area contributed by atoms with E-state index in [4.69, 9.17) is 16.3 Å². The van der Waals surface area contributed by atoms with Crippen molar-refractivity contribution in [1.82, 2.24) is 20.0 Å². The fraction of sp³-hybridized carbons (Fsp3) is 0.421. The lowest BCUT2D eigenvalue weighted by atomic mass is 9.98. The van der Waals surface area contributed by atoms with E-state index >= 15 is 0 Å². The van der Waals surface area contributed by atoms with Gasteiger partial charge in [-0.2, -0.15) is 0 Å². The van der Waals surface area contributed by atoms with Crippen LogP contribution in [-0.2, 0) is 14.8 Å². The Kier molecular flexibility index (Phi) is 7.73. The molecule has 3 atom stereocenters. The van der Waals surface area contributed by atoms with Crippen LogP contribution in [0.15, 0.2) is 47.8 Å². The van der Waals surface area contributed by atoms with Gasteiger partial charge in [0.1, 0.15) is 5.69 Å². The maximum atomic E-state index is 12.6. The van der Waals surface area contributed by atoms with Crippen molar-refractivity contribution in [1.29, 1.82) is 0 Å². The molecular formula is C19H23ClN4O5S. The molecular weight excluding hydrogens is 432 g/mol. The van der Waals surface area contributed by atoms with Gasteiger partial charge < -0.3 is 15.2 Å². The molecule has 0 bridgehead atoms. The number of aromatic nitrogens is 2. The molecule has 2 aromatic rings. The van der Waals surface area contributed by atoms with Gasteiger partial charge in [0.15, 0.2) is 0 Å². The molecule has 0 saturated carbocycles. The first-order valence-corrected chi connectivity index (χ1v) is 11.3. The third-order valence-electron chi connectivity index (χ3n) is 4.76. The number of sulfonamides is 1. The molecule has 1 aliphatic heterocycles. The van der Waals surface area contributed by atoms with Gasteiger partial charge in [0.2, 0.25) is 10.0 Å². The second-order valence-corrected chi connectivity index (χ2v) is 9.03. The Morgan fingerprint density at radius 3 is 2.83 bits per heavy atom. The number of amides is 1. The summed E-state index contributed by atoms with van der Waals surface area (Å²) < 4.78 is 33.7. The first kappa shape index (κ1) is 22.6. The molecule has 9 nitrogen and oxygen atoms in total. The molecule has 11 heteroatoms. The van der Waals surface area contributed by atoms with E-state index in [9.17, 15) is 18.3 Å². The summed E-state index contributed by atoms with van der Waals surface area (Å²) >= 11 is 5.88. The number of carbonyl (C=O) groups is 1. The number of nitrogens with one attached hydrogen (secondary N) is 2. The Hall–Kier alpha value is -2.11. The van der Waals surface area contributed by atoms with Gasteiger partial charge in [0.25, 0.3) is 5.91 Å². The molecule has 0 aliphatic carbocycles. The first-order valence-electron chi connectivity index (χ1n) is 9.47. The molecule has 1 fully saturated rings. The number of hydrogen-bond donors (Lipinski definition) is 3. The van der Waals surface area contributed by atoms with Gasteiger partial charge in [0.05, 0.1) is 35.9 Å². The highest BCUT2D eigenvalue weighted by atomic mass is 35.5. The van der Waals surface area contributed by atoms with Crippen LogP contribution in [0.1, 0.15) is 29.8 Å². The van der Waals surface area contributed by atoms with E-state index in [0.717, 1.165) is 0 Å². The van der Waals surface area contributed by atoms with Crippen LogP contribution in [0.25, 0.3) is 0 Å². The smallest absolute Gasteiger partial charge is 0.271 e. The molecule has 1 amide bonds. The summed E-state index contributed by atoms with van der Waals surface area (Å²) in [5, 5.41) is 12.8. The topological polar surface area (TPSA) is 131 Å². The third kappa shape index (κ3) is 5.96. The zero-order valence-electron chi connectivity index (χ0n) is 16.1. The Morgan fingerprint density at radius 2 is 2.13 bits per heavy atom. The number of hydrogen-bond acceptors (Lipinski definition) is 7. The maximum absolute atomic E-state index is 12.6. The number of carbonyl (C=O) groups excluding carboxylic acids is 1. The highest BCUT2D eigenvalue weighted by molar-refractivity contribution is 7.89. The number of aliphatic hydroxyl groups excluding tert-OH is 1. The van der Waals surface area contributed by atoms with Crippen molar-refractivity contribution in [2.24, 2.45) is 0 Å². The van der Waals surface area contributed by atoms with Crippen molar-refractivity contribution in [3.63, 3.8) is 0 Å². The standard InChI is InChI=1S/C19H23ClN4O5S/c20-13-2-1-3-15(10-13)30(27,28)24-16-5-4-14(29-18(16)12-25)6-7-23-19(26)17-11-21-8-9-22-17/h1-3,8-11,14,16,18,24-25H,4-7,12H2,(H,23,26)/t14-,16-,18+/m1/s1. The van der Waals surface area contributed by atoms with E-state index in [0.29, 0.717) is 30.8 Å². The predicted molar refractivity (Wildman–Crippen MR) is 110 cm³/mol. The highest BCUT2D eigenvalue weighted by Gasteiger charge is 2.33. The lowest BCUT2D eigenvalue weighted by molar-refractivity contribution is -0.0871. The number of benzene rings is 1. The normalized spacial score (nSPS) is 21.9. The summed E-state index contributed by atoms with van der Waals surface area (Å²) in [7, 11) is -3.80. The van der Waals surface area contributed by atoms with E-state index in [2.05, 4.69) is 20.0 Å². The minimum atomic E-state index is -3.80. The SMILES string of the molecule is O=C(NCC[C@H]1CC[C@@H](NS(=O)(=O)c2cccc(Cl)c2)[C@H](CO)O1)c1cnccn1. The maximum Gasteiger partial charge on any atom is 0.271 e. The summed E-state index contributed by atoms with van der Waals surface area (Å²) in [5.74, 6) is -0.329. The summed E-state index contributed by atoms with van der Waals surface area (Å²) in [6, 6.07) is 5.40. The van der Waals surface area contributed by atoms with Crippen LogP contribution in [0.2, 0.25) is 5.02 Å². The second kappa shape index (κ2) is 10.3. The second-order valence-electron chi connectivity index (χ2n) is 6.88. The number of nitrogens with zero attached hydrogens (tertiary/aromatic N) is 2. The van der Waals surface area contributed by atoms with E-state index in [1.165, 1.54) is 30.7 Å². The average molecular weight is 455 g/mol. The van der Waals surface area contributed by atoms with Crippen LogP contribution in [0.5, 0.6) is 0 Å². The van der Waals surface area contributed by atoms with Gasteiger partial charge >= 0.3 is 0 Å².